The van der Waals surface area contributed by atoms with E-state index in [1.807, 2.05) is 18.2 Å². The van der Waals surface area contributed by atoms with Crippen LogP contribution in [-0.2, 0) is 16.1 Å². The van der Waals surface area contributed by atoms with Gasteiger partial charge in [-0.3, -0.25) is 4.98 Å². The first-order chi connectivity index (χ1) is 11.8. The van der Waals surface area contributed by atoms with Crippen LogP contribution in [0.4, 0.5) is 5.82 Å². The second-order valence-corrected chi connectivity index (χ2v) is 5.60. The number of hydrogen-bond donors (Lipinski definition) is 0. The van der Waals surface area contributed by atoms with Crippen molar-refractivity contribution in [1.29, 1.82) is 0 Å². The number of piperidine rings is 1. The Morgan fingerprint density at radius 2 is 2.25 bits per heavy atom. The van der Waals surface area contributed by atoms with E-state index in [0.29, 0.717) is 6.61 Å². The summed E-state index contributed by atoms with van der Waals surface area (Å²) < 4.78 is 10.7. The van der Waals surface area contributed by atoms with Crippen LogP contribution in [0.25, 0.3) is 0 Å². The fourth-order valence-corrected chi connectivity index (χ4v) is 2.71. The first-order valence-electron chi connectivity index (χ1n) is 7.93. The molecule has 0 aromatic carbocycles. The lowest BCUT2D eigenvalue weighted by Crippen LogP contribution is -2.40. The van der Waals surface area contributed by atoms with Gasteiger partial charge in [0.15, 0.2) is 5.69 Å². The van der Waals surface area contributed by atoms with Crippen molar-refractivity contribution < 1.29 is 14.3 Å². The largest absolute Gasteiger partial charge is 0.464 e. The van der Waals surface area contributed by atoms with E-state index in [4.69, 9.17) is 9.47 Å². The Labute approximate surface area is 140 Å². The quantitative estimate of drug-likeness (QED) is 0.775. The van der Waals surface area contributed by atoms with Gasteiger partial charge < -0.3 is 14.4 Å². The van der Waals surface area contributed by atoms with E-state index in [1.54, 1.807) is 12.3 Å². The van der Waals surface area contributed by atoms with Crippen LogP contribution in [0, 0.1) is 0 Å². The molecule has 0 amide bonds. The van der Waals surface area contributed by atoms with Crippen molar-refractivity contribution in [3.63, 3.8) is 0 Å². The van der Waals surface area contributed by atoms with Crippen molar-refractivity contribution in [2.75, 3.05) is 25.1 Å². The van der Waals surface area contributed by atoms with E-state index in [2.05, 4.69) is 19.9 Å². The van der Waals surface area contributed by atoms with E-state index in [9.17, 15) is 4.79 Å². The number of carbonyl (C=O) groups excluding carboxylic acids is 1. The summed E-state index contributed by atoms with van der Waals surface area (Å²) in [4.78, 5) is 26.2. The van der Waals surface area contributed by atoms with Crippen molar-refractivity contribution in [3.05, 3.63) is 48.2 Å². The first kappa shape index (κ1) is 16.3. The molecule has 2 aromatic heterocycles. The van der Waals surface area contributed by atoms with Crippen molar-refractivity contribution in [3.8, 4) is 0 Å². The summed E-state index contributed by atoms with van der Waals surface area (Å²) in [5.74, 6) is 0.259. The SMILES string of the molecule is COC(=O)c1cc(N2CCC[C@@H](OCc3ccccn3)C2)ncn1. The molecular formula is C17H20N4O3. The summed E-state index contributed by atoms with van der Waals surface area (Å²) in [7, 11) is 1.34. The Kier molecular flexibility index (Phi) is 5.32. The number of esters is 1. The predicted octanol–water partition coefficient (Wildman–Crippen LogP) is 1.84. The third-order valence-corrected chi connectivity index (χ3v) is 3.94. The monoisotopic (exact) mass is 328 g/mol. The summed E-state index contributed by atoms with van der Waals surface area (Å²) in [6.45, 7) is 2.10. The Morgan fingerprint density at radius 1 is 1.33 bits per heavy atom. The highest BCUT2D eigenvalue weighted by Crippen LogP contribution is 2.20. The third-order valence-electron chi connectivity index (χ3n) is 3.94. The number of carbonyl (C=O) groups is 1. The zero-order chi connectivity index (χ0) is 16.8. The molecule has 0 spiro atoms. The number of hydrogen-bond acceptors (Lipinski definition) is 7. The summed E-state index contributed by atoms with van der Waals surface area (Å²) in [5.41, 5.74) is 1.18. The van der Waals surface area contributed by atoms with Gasteiger partial charge in [0.25, 0.3) is 0 Å². The van der Waals surface area contributed by atoms with Gasteiger partial charge >= 0.3 is 5.97 Å². The molecule has 7 heteroatoms. The molecule has 3 heterocycles. The number of methoxy groups -OCH3 is 1. The summed E-state index contributed by atoms with van der Waals surface area (Å²) in [6.07, 6.45) is 5.27. The molecule has 1 aliphatic heterocycles. The molecule has 0 N–H and O–H groups in total. The van der Waals surface area contributed by atoms with Gasteiger partial charge in [0.1, 0.15) is 12.1 Å². The predicted molar refractivity (Wildman–Crippen MR) is 87.6 cm³/mol. The molecule has 1 fully saturated rings. The Bertz CT molecular complexity index is 681. The highest BCUT2D eigenvalue weighted by atomic mass is 16.5. The van der Waals surface area contributed by atoms with E-state index in [-0.39, 0.29) is 11.8 Å². The Balaban J connectivity index is 1.62. The summed E-state index contributed by atoms with van der Waals surface area (Å²) in [5, 5.41) is 0. The molecular weight excluding hydrogens is 308 g/mol. The molecule has 0 bridgehead atoms. The van der Waals surface area contributed by atoms with Gasteiger partial charge in [-0.2, -0.15) is 0 Å². The van der Waals surface area contributed by atoms with Crippen molar-refractivity contribution in [2.24, 2.45) is 0 Å². The van der Waals surface area contributed by atoms with Gasteiger partial charge in [0.05, 0.1) is 25.5 Å². The molecule has 0 unspecified atom stereocenters. The van der Waals surface area contributed by atoms with Gasteiger partial charge in [0.2, 0.25) is 0 Å². The second-order valence-electron chi connectivity index (χ2n) is 5.60. The second kappa shape index (κ2) is 7.83. The van der Waals surface area contributed by atoms with Crippen LogP contribution in [0.3, 0.4) is 0 Å². The van der Waals surface area contributed by atoms with Crippen LogP contribution >= 0.6 is 0 Å². The van der Waals surface area contributed by atoms with Crippen LogP contribution < -0.4 is 4.90 Å². The average molecular weight is 328 g/mol. The van der Waals surface area contributed by atoms with Crippen LogP contribution in [0.5, 0.6) is 0 Å². The average Bonchev–Trinajstić information content (AvgIpc) is 2.67. The van der Waals surface area contributed by atoms with Crippen LogP contribution in [0.15, 0.2) is 36.8 Å². The van der Waals surface area contributed by atoms with Gasteiger partial charge in [0, 0.05) is 25.4 Å². The number of rotatable bonds is 5. The minimum Gasteiger partial charge on any atom is -0.464 e. The van der Waals surface area contributed by atoms with Crippen molar-refractivity contribution in [1.82, 2.24) is 15.0 Å². The number of pyridine rings is 1. The minimum atomic E-state index is -0.460. The maximum absolute atomic E-state index is 11.6. The van der Waals surface area contributed by atoms with E-state index in [1.165, 1.54) is 13.4 Å². The Hall–Kier alpha value is -2.54. The highest BCUT2D eigenvalue weighted by molar-refractivity contribution is 5.87. The molecule has 0 radical (unpaired) electrons. The molecule has 1 aliphatic rings. The molecule has 2 aromatic rings. The molecule has 24 heavy (non-hydrogen) atoms. The van der Waals surface area contributed by atoms with Gasteiger partial charge in [-0.15, -0.1) is 0 Å². The lowest BCUT2D eigenvalue weighted by molar-refractivity contribution is 0.0297. The maximum Gasteiger partial charge on any atom is 0.356 e. The van der Waals surface area contributed by atoms with E-state index >= 15 is 0 Å². The summed E-state index contributed by atoms with van der Waals surface area (Å²) >= 11 is 0. The molecule has 3 rings (SSSR count). The smallest absolute Gasteiger partial charge is 0.356 e. The number of nitrogens with zero attached hydrogens (tertiary/aromatic N) is 4. The van der Waals surface area contributed by atoms with Crippen LogP contribution in [0.1, 0.15) is 29.0 Å². The fraction of sp³-hybridized carbons (Fsp3) is 0.412. The van der Waals surface area contributed by atoms with Gasteiger partial charge in [-0.25, -0.2) is 14.8 Å². The molecule has 1 saturated heterocycles. The van der Waals surface area contributed by atoms with Gasteiger partial charge in [-0.05, 0) is 25.0 Å². The van der Waals surface area contributed by atoms with Crippen LogP contribution in [-0.4, -0.2) is 47.2 Å². The standard InChI is InChI=1S/C17H20N4O3/c1-23-17(22)15-9-16(20-12-19-15)21-8-4-6-14(10-21)24-11-13-5-2-3-7-18-13/h2-3,5,7,9,12,14H,4,6,8,10-11H2,1H3/t14-/m1/s1. The third kappa shape index (κ3) is 4.05. The fourth-order valence-electron chi connectivity index (χ4n) is 2.71. The molecule has 126 valence electrons. The van der Waals surface area contributed by atoms with Gasteiger partial charge in [-0.1, -0.05) is 6.07 Å². The molecule has 7 nitrogen and oxygen atoms in total. The van der Waals surface area contributed by atoms with E-state index in [0.717, 1.165) is 37.4 Å². The molecule has 1 atom stereocenters. The first-order valence-corrected chi connectivity index (χ1v) is 7.93. The zero-order valence-corrected chi connectivity index (χ0v) is 13.6. The Morgan fingerprint density at radius 3 is 3.04 bits per heavy atom. The van der Waals surface area contributed by atoms with Crippen molar-refractivity contribution in [2.45, 2.75) is 25.6 Å². The number of anilines is 1. The normalized spacial score (nSPS) is 17.5. The van der Waals surface area contributed by atoms with Crippen molar-refractivity contribution >= 4 is 11.8 Å². The highest BCUT2D eigenvalue weighted by Gasteiger charge is 2.22. The number of aromatic nitrogens is 3. The number of ether oxygens (including phenoxy) is 2. The lowest BCUT2D eigenvalue weighted by Gasteiger charge is -2.33. The summed E-state index contributed by atoms with van der Waals surface area (Å²) in [6, 6.07) is 7.45. The van der Waals surface area contributed by atoms with Crippen LogP contribution in [0.2, 0.25) is 0 Å². The zero-order valence-electron chi connectivity index (χ0n) is 13.6. The molecule has 0 aliphatic carbocycles. The minimum absolute atomic E-state index is 0.109. The lowest BCUT2D eigenvalue weighted by atomic mass is 10.1. The van der Waals surface area contributed by atoms with E-state index < -0.39 is 5.97 Å². The maximum atomic E-state index is 11.6. The molecule has 0 saturated carbocycles. The topological polar surface area (TPSA) is 77.4 Å².